The van der Waals surface area contributed by atoms with Crippen LogP contribution < -0.4 is 9.62 Å². The molecular formula is C25H34BrN3O4S. The molecule has 0 saturated carbocycles. The molecule has 0 aromatic heterocycles. The van der Waals surface area contributed by atoms with E-state index < -0.39 is 28.5 Å². The summed E-state index contributed by atoms with van der Waals surface area (Å²) in [6, 6.07) is 13.7. The van der Waals surface area contributed by atoms with Crippen molar-refractivity contribution in [2.24, 2.45) is 5.92 Å². The van der Waals surface area contributed by atoms with E-state index in [0.29, 0.717) is 18.7 Å². The molecule has 186 valence electrons. The van der Waals surface area contributed by atoms with E-state index >= 15 is 0 Å². The van der Waals surface area contributed by atoms with Gasteiger partial charge in [-0.25, -0.2) is 8.42 Å². The Morgan fingerprint density at radius 3 is 2.12 bits per heavy atom. The summed E-state index contributed by atoms with van der Waals surface area (Å²) in [5, 5.41) is 2.91. The number of anilines is 1. The maximum Gasteiger partial charge on any atom is 0.244 e. The number of rotatable bonds is 11. The molecule has 2 aromatic rings. The maximum absolute atomic E-state index is 13.6. The second-order valence-corrected chi connectivity index (χ2v) is 11.6. The Balaban J connectivity index is 2.39. The largest absolute Gasteiger partial charge is 0.354 e. The first-order chi connectivity index (χ1) is 15.9. The van der Waals surface area contributed by atoms with Crippen molar-refractivity contribution in [3.63, 3.8) is 0 Å². The van der Waals surface area contributed by atoms with E-state index in [9.17, 15) is 18.0 Å². The molecule has 9 heteroatoms. The van der Waals surface area contributed by atoms with Crippen LogP contribution in [-0.4, -0.2) is 50.5 Å². The van der Waals surface area contributed by atoms with Gasteiger partial charge in [-0.3, -0.25) is 13.9 Å². The highest BCUT2D eigenvalue weighted by atomic mass is 79.9. The highest BCUT2D eigenvalue weighted by Crippen LogP contribution is 2.22. The van der Waals surface area contributed by atoms with E-state index in [2.05, 4.69) is 21.2 Å². The van der Waals surface area contributed by atoms with Gasteiger partial charge >= 0.3 is 0 Å². The van der Waals surface area contributed by atoms with Crippen molar-refractivity contribution in [3.05, 3.63) is 64.1 Å². The lowest BCUT2D eigenvalue weighted by molar-refractivity contribution is -0.140. The zero-order chi connectivity index (χ0) is 25.5. The van der Waals surface area contributed by atoms with Crippen molar-refractivity contribution in [2.45, 2.75) is 46.7 Å². The van der Waals surface area contributed by atoms with Crippen molar-refractivity contribution >= 4 is 43.5 Å². The van der Waals surface area contributed by atoms with Gasteiger partial charge in [0.25, 0.3) is 0 Å². The smallest absolute Gasteiger partial charge is 0.244 e. The molecule has 7 nitrogen and oxygen atoms in total. The van der Waals surface area contributed by atoms with Crippen LogP contribution in [0.25, 0.3) is 0 Å². The van der Waals surface area contributed by atoms with Gasteiger partial charge in [0.1, 0.15) is 12.6 Å². The highest BCUT2D eigenvalue weighted by molar-refractivity contribution is 9.10. The molecular weight excluding hydrogens is 518 g/mol. The summed E-state index contributed by atoms with van der Waals surface area (Å²) in [5.74, 6) is -0.424. The van der Waals surface area contributed by atoms with Crippen LogP contribution in [0.5, 0.6) is 0 Å². The lowest BCUT2D eigenvalue weighted by Gasteiger charge is -2.33. The summed E-state index contributed by atoms with van der Waals surface area (Å²) in [5.41, 5.74) is 2.33. The number of aryl methyl sites for hydroxylation is 1. The van der Waals surface area contributed by atoms with Gasteiger partial charge in [-0.15, -0.1) is 0 Å². The minimum absolute atomic E-state index is 0.199. The molecule has 34 heavy (non-hydrogen) atoms. The molecule has 1 N–H and O–H groups in total. The molecule has 0 saturated heterocycles. The average molecular weight is 553 g/mol. The molecule has 0 fully saturated rings. The highest BCUT2D eigenvalue weighted by Gasteiger charge is 2.31. The third-order valence-electron chi connectivity index (χ3n) is 5.34. The standard InChI is InChI=1S/C25H34BrN3O4S/c1-6-23(25(31)27-15-18(2)3)28(16-20-9-7-19(4)8-10-20)24(30)17-29(34(5,32)33)22-13-11-21(26)12-14-22/h7-14,18,23H,6,15-17H2,1-5H3,(H,27,31)/t23-/m0/s1. The van der Waals surface area contributed by atoms with E-state index in [-0.39, 0.29) is 18.4 Å². The molecule has 0 radical (unpaired) electrons. The molecule has 2 rings (SSSR count). The fraction of sp³-hybridized carbons (Fsp3) is 0.440. The van der Waals surface area contributed by atoms with Gasteiger partial charge in [0, 0.05) is 17.6 Å². The van der Waals surface area contributed by atoms with Crippen LogP contribution in [0.4, 0.5) is 5.69 Å². The van der Waals surface area contributed by atoms with Gasteiger partial charge in [0.05, 0.1) is 11.9 Å². The van der Waals surface area contributed by atoms with Gasteiger partial charge in [-0.05, 0) is 49.1 Å². The quantitative estimate of drug-likeness (QED) is 0.455. The van der Waals surface area contributed by atoms with E-state index in [1.807, 2.05) is 52.0 Å². The van der Waals surface area contributed by atoms with Crippen LogP contribution >= 0.6 is 15.9 Å². The second-order valence-electron chi connectivity index (χ2n) is 8.82. The zero-order valence-corrected chi connectivity index (χ0v) is 22.8. The van der Waals surface area contributed by atoms with E-state index in [0.717, 1.165) is 26.2 Å². The van der Waals surface area contributed by atoms with Gasteiger partial charge in [-0.2, -0.15) is 0 Å². The Labute approximate surface area is 211 Å². The number of carbonyl (C=O) groups is 2. The SMILES string of the molecule is CC[C@@H](C(=O)NCC(C)C)N(Cc1ccc(C)cc1)C(=O)CN(c1ccc(Br)cc1)S(C)(=O)=O. The maximum atomic E-state index is 13.6. The Bertz CT molecular complexity index is 1070. The van der Waals surface area contributed by atoms with Crippen LogP contribution in [0, 0.1) is 12.8 Å². The average Bonchev–Trinajstić information content (AvgIpc) is 2.77. The molecule has 2 amide bonds. The number of carbonyl (C=O) groups excluding carboxylic acids is 2. The van der Waals surface area contributed by atoms with Crippen LogP contribution in [0.1, 0.15) is 38.3 Å². The first-order valence-electron chi connectivity index (χ1n) is 11.3. The molecule has 0 unspecified atom stereocenters. The van der Waals surface area contributed by atoms with Crippen LogP contribution in [0.2, 0.25) is 0 Å². The predicted octanol–water partition coefficient (Wildman–Crippen LogP) is 4.10. The van der Waals surface area contributed by atoms with Crippen molar-refractivity contribution in [2.75, 3.05) is 23.7 Å². The molecule has 0 aliphatic carbocycles. The third-order valence-corrected chi connectivity index (χ3v) is 7.01. The number of hydrogen-bond acceptors (Lipinski definition) is 4. The zero-order valence-electron chi connectivity index (χ0n) is 20.4. The molecule has 1 atom stereocenters. The summed E-state index contributed by atoms with van der Waals surface area (Å²) in [6.07, 6.45) is 1.47. The Morgan fingerprint density at radius 1 is 1.03 bits per heavy atom. The molecule has 0 heterocycles. The molecule has 0 bridgehead atoms. The van der Waals surface area contributed by atoms with E-state index in [1.54, 1.807) is 24.3 Å². The fourth-order valence-electron chi connectivity index (χ4n) is 3.45. The van der Waals surface area contributed by atoms with Crippen LogP contribution in [0.15, 0.2) is 53.0 Å². The Kier molecular flexibility index (Phi) is 10.1. The number of nitrogens with one attached hydrogen (secondary N) is 1. The molecule has 0 spiro atoms. The first-order valence-corrected chi connectivity index (χ1v) is 13.9. The normalized spacial score (nSPS) is 12.3. The third kappa shape index (κ3) is 8.13. The second kappa shape index (κ2) is 12.4. The van der Waals surface area contributed by atoms with Crippen LogP contribution in [-0.2, 0) is 26.2 Å². The number of benzene rings is 2. The van der Waals surface area contributed by atoms with Crippen molar-refractivity contribution < 1.29 is 18.0 Å². The van der Waals surface area contributed by atoms with E-state index in [4.69, 9.17) is 0 Å². The van der Waals surface area contributed by atoms with Crippen LogP contribution in [0.3, 0.4) is 0 Å². The minimum atomic E-state index is -3.74. The molecule has 0 aliphatic rings. The monoisotopic (exact) mass is 551 g/mol. The van der Waals surface area contributed by atoms with Gasteiger partial charge in [-0.1, -0.05) is 66.5 Å². The lowest BCUT2D eigenvalue weighted by Crippen LogP contribution is -2.52. The van der Waals surface area contributed by atoms with Crippen molar-refractivity contribution in [3.8, 4) is 0 Å². The Morgan fingerprint density at radius 2 is 1.62 bits per heavy atom. The predicted molar refractivity (Wildman–Crippen MR) is 140 cm³/mol. The topological polar surface area (TPSA) is 86.8 Å². The lowest BCUT2D eigenvalue weighted by atomic mass is 10.1. The summed E-state index contributed by atoms with van der Waals surface area (Å²) in [7, 11) is -3.74. The first kappa shape index (κ1) is 27.9. The number of nitrogens with zero attached hydrogens (tertiary/aromatic N) is 2. The van der Waals surface area contributed by atoms with Gasteiger partial charge < -0.3 is 10.2 Å². The summed E-state index contributed by atoms with van der Waals surface area (Å²) in [4.78, 5) is 28.1. The number of hydrogen-bond donors (Lipinski definition) is 1. The molecule has 0 aliphatic heterocycles. The number of halogens is 1. The Hall–Kier alpha value is -2.39. The van der Waals surface area contributed by atoms with Gasteiger partial charge in [0.15, 0.2) is 0 Å². The molecule has 2 aromatic carbocycles. The number of amides is 2. The minimum Gasteiger partial charge on any atom is -0.354 e. The summed E-state index contributed by atoms with van der Waals surface area (Å²) >= 11 is 3.34. The number of sulfonamides is 1. The summed E-state index contributed by atoms with van der Waals surface area (Å²) < 4.78 is 27.0. The van der Waals surface area contributed by atoms with Crippen molar-refractivity contribution in [1.82, 2.24) is 10.2 Å². The van der Waals surface area contributed by atoms with Crippen molar-refractivity contribution in [1.29, 1.82) is 0 Å². The summed E-state index contributed by atoms with van der Waals surface area (Å²) in [6.45, 7) is 8.11. The fourth-order valence-corrected chi connectivity index (χ4v) is 4.57. The van der Waals surface area contributed by atoms with Gasteiger partial charge in [0.2, 0.25) is 21.8 Å². The van der Waals surface area contributed by atoms with E-state index in [1.165, 1.54) is 4.90 Å².